The zero-order valence-corrected chi connectivity index (χ0v) is 14.2. The van der Waals surface area contributed by atoms with Crippen LogP contribution in [0, 0.1) is 5.92 Å². The van der Waals surface area contributed by atoms with Crippen molar-refractivity contribution in [2.75, 3.05) is 13.7 Å². The Labute approximate surface area is 129 Å². The summed E-state index contributed by atoms with van der Waals surface area (Å²) >= 11 is 13.4. The fourth-order valence-electron chi connectivity index (χ4n) is 2.31. The molecule has 2 rings (SSSR count). The van der Waals surface area contributed by atoms with Crippen molar-refractivity contribution in [1.82, 2.24) is 0 Å². The van der Waals surface area contributed by atoms with Crippen LogP contribution in [0.3, 0.4) is 0 Å². The number of benzene rings is 1. The molecule has 2 nitrogen and oxygen atoms in total. The highest BCUT2D eigenvalue weighted by molar-refractivity contribution is 9.10. The summed E-state index contributed by atoms with van der Waals surface area (Å²) in [4.78, 5) is 0.187. The number of hydrogen-bond acceptors (Lipinski definition) is 2. The molecule has 0 N–H and O–H groups in total. The highest BCUT2D eigenvalue weighted by Crippen LogP contribution is 2.45. The quantitative estimate of drug-likeness (QED) is 0.669. The van der Waals surface area contributed by atoms with Gasteiger partial charge in [0.1, 0.15) is 5.75 Å². The van der Waals surface area contributed by atoms with Gasteiger partial charge in [-0.1, -0.05) is 27.5 Å². The van der Waals surface area contributed by atoms with Crippen LogP contribution in [-0.4, -0.2) is 19.8 Å². The lowest BCUT2D eigenvalue weighted by Crippen LogP contribution is -2.09. The predicted octanol–water partition coefficient (Wildman–Crippen LogP) is 4.97. The molecule has 1 heterocycles. The summed E-state index contributed by atoms with van der Waals surface area (Å²) in [7, 11) is 1.67. The molecule has 0 aliphatic carbocycles. The molecule has 3 unspecified atom stereocenters. The van der Waals surface area contributed by atoms with Gasteiger partial charge in [0.2, 0.25) is 0 Å². The summed E-state index contributed by atoms with van der Waals surface area (Å²) in [6.45, 7) is 2.87. The first kappa shape index (κ1) is 14.6. The number of rotatable bonds is 3. The minimum absolute atomic E-state index is 0.187. The predicted molar refractivity (Wildman–Crippen MR) is 80.9 cm³/mol. The Bertz CT molecular complexity index is 439. The molecule has 5 heteroatoms. The van der Waals surface area contributed by atoms with Crippen molar-refractivity contribution in [2.45, 2.75) is 24.3 Å². The maximum absolute atomic E-state index is 6.12. The molecule has 0 amide bonds. The molecule has 1 fully saturated rings. The Kier molecular flexibility index (Phi) is 4.98. The Morgan fingerprint density at radius 1 is 1.50 bits per heavy atom. The Balaban J connectivity index is 2.31. The van der Waals surface area contributed by atoms with Crippen LogP contribution in [-0.2, 0) is 4.74 Å². The zero-order chi connectivity index (χ0) is 13.3. The lowest BCUT2D eigenvalue weighted by atomic mass is 9.96. The molecule has 18 heavy (non-hydrogen) atoms. The molecular weight excluding hydrogens is 383 g/mol. The van der Waals surface area contributed by atoms with E-state index in [2.05, 4.69) is 38.8 Å². The first-order valence-corrected chi connectivity index (χ1v) is 7.90. The summed E-state index contributed by atoms with van der Waals surface area (Å²) in [5, 5.41) is 0.703. The zero-order valence-electron chi connectivity index (χ0n) is 10.3. The van der Waals surface area contributed by atoms with E-state index in [9.17, 15) is 0 Å². The molecule has 0 bridgehead atoms. The Hall–Kier alpha value is 0.230. The van der Waals surface area contributed by atoms with Crippen molar-refractivity contribution in [3.8, 4) is 5.75 Å². The van der Waals surface area contributed by atoms with Gasteiger partial charge in [0, 0.05) is 21.3 Å². The summed E-state index contributed by atoms with van der Waals surface area (Å²) in [6.07, 6.45) is 1.37. The van der Waals surface area contributed by atoms with Crippen LogP contribution in [0.1, 0.15) is 23.7 Å². The van der Waals surface area contributed by atoms with Gasteiger partial charge >= 0.3 is 0 Å². The van der Waals surface area contributed by atoms with Gasteiger partial charge in [-0.25, -0.2) is 0 Å². The topological polar surface area (TPSA) is 18.5 Å². The highest BCUT2D eigenvalue weighted by Gasteiger charge is 2.31. The van der Waals surface area contributed by atoms with Crippen LogP contribution in [0.4, 0.5) is 0 Å². The van der Waals surface area contributed by atoms with Crippen LogP contribution in [0.2, 0.25) is 5.02 Å². The smallest absolute Gasteiger partial charge is 0.137 e. The second-order valence-corrected chi connectivity index (χ2v) is 6.83. The minimum atomic E-state index is 0.187. The molecule has 1 saturated heterocycles. The average Bonchev–Trinajstić information content (AvgIpc) is 2.74. The maximum atomic E-state index is 6.12. The highest BCUT2D eigenvalue weighted by atomic mass is 79.9. The van der Waals surface area contributed by atoms with Gasteiger partial charge in [-0.3, -0.25) is 0 Å². The molecule has 100 valence electrons. The third-order valence-corrected chi connectivity index (χ3v) is 5.23. The molecule has 3 atom stereocenters. The molecule has 1 aromatic rings. The van der Waals surface area contributed by atoms with E-state index >= 15 is 0 Å². The van der Waals surface area contributed by atoms with Gasteiger partial charge in [-0.05, 0) is 41.4 Å². The first-order valence-electron chi connectivity index (χ1n) is 5.81. The van der Waals surface area contributed by atoms with Crippen molar-refractivity contribution in [1.29, 1.82) is 0 Å². The van der Waals surface area contributed by atoms with E-state index < -0.39 is 0 Å². The third-order valence-electron chi connectivity index (χ3n) is 3.18. The number of halogens is 3. The average molecular weight is 399 g/mol. The largest absolute Gasteiger partial charge is 0.495 e. The molecule has 0 saturated carbocycles. The molecule has 1 aromatic carbocycles. The maximum Gasteiger partial charge on any atom is 0.137 e. The third kappa shape index (κ3) is 3.03. The number of hydrogen-bond donors (Lipinski definition) is 0. The van der Waals surface area contributed by atoms with Gasteiger partial charge < -0.3 is 9.47 Å². The van der Waals surface area contributed by atoms with Crippen molar-refractivity contribution < 1.29 is 9.47 Å². The lowest BCUT2D eigenvalue weighted by Gasteiger charge is -2.20. The van der Waals surface area contributed by atoms with Crippen LogP contribution >= 0.6 is 43.5 Å². The molecule has 1 aliphatic rings. The van der Waals surface area contributed by atoms with E-state index in [1.54, 1.807) is 7.11 Å². The van der Waals surface area contributed by atoms with Crippen molar-refractivity contribution >= 4 is 43.5 Å². The second kappa shape index (κ2) is 6.12. The van der Waals surface area contributed by atoms with E-state index in [0.29, 0.717) is 17.0 Å². The van der Waals surface area contributed by atoms with Crippen LogP contribution < -0.4 is 4.74 Å². The SMILES string of the molecule is COc1c(Br)cc(Cl)cc1C(Br)C1COC(C)C1. The van der Waals surface area contributed by atoms with Crippen LogP contribution in [0.25, 0.3) is 0 Å². The van der Waals surface area contributed by atoms with Gasteiger partial charge in [0.15, 0.2) is 0 Å². The fourth-order valence-corrected chi connectivity index (χ4v) is 4.01. The van der Waals surface area contributed by atoms with Gasteiger partial charge in [0.25, 0.3) is 0 Å². The van der Waals surface area contributed by atoms with E-state index in [4.69, 9.17) is 21.1 Å². The van der Waals surface area contributed by atoms with Gasteiger partial charge in [-0.15, -0.1) is 0 Å². The van der Waals surface area contributed by atoms with Crippen LogP contribution in [0.5, 0.6) is 5.75 Å². The minimum Gasteiger partial charge on any atom is -0.495 e. The monoisotopic (exact) mass is 396 g/mol. The number of alkyl halides is 1. The van der Waals surface area contributed by atoms with E-state index in [-0.39, 0.29) is 4.83 Å². The summed E-state index contributed by atoms with van der Waals surface area (Å²) in [5.41, 5.74) is 1.07. The summed E-state index contributed by atoms with van der Waals surface area (Å²) < 4.78 is 12.0. The van der Waals surface area contributed by atoms with E-state index in [1.807, 2.05) is 12.1 Å². The van der Waals surface area contributed by atoms with Crippen LogP contribution in [0.15, 0.2) is 16.6 Å². The van der Waals surface area contributed by atoms with Gasteiger partial charge in [-0.2, -0.15) is 0 Å². The second-order valence-electron chi connectivity index (χ2n) is 4.55. The summed E-state index contributed by atoms with van der Waals surface area (Å²) in [6, 6.07) is 3.80. The van der Waals surface area contributed by atoms with Gasteiger partial charge in [0.05, 0.1) is 24.3 Å². The van der Waals surface area contributed by atoms with Crippen molar-refractivity contribution in [2.24, 2.45) is 5.92 Å². The lowest BCUT2D eigenvalue weighted by molar-refractivity contribution is 0.120. The summed E-state index contributed by atoms with van der Waals surface area (Å²) in [5.74, 6) is 1.28. The van der Waals surface area contributed by atoms with Crippen molar-refractivity contribution in [3.05, 3.63) is 27.2 Å². The molecular formula is C13H15Br2ClO2. The standard InChI is InChI=1S/C13H15Br2ClO2/c1-7-3-8(6-18-7)12(15)10-4-9(16)5-11(14)13(10)17-2/h4-5,7-8,12H,3,6H2,1-2H3. The molecule has 0 spiro atoms. The van der Waals surface area contributed by atoms with E-state index in [1.165, 1.54) is 0 Å². The van der Waals surface area contributed by atoms with Crippen molar-refractivity contribution in [3.63, 3.8) is 0 Å². The Morgan fingerprint density at radius 2 is 2.22 bits per heavy atom. The molecule has 0 radical (unpaired) electrons. The fraction of sp³-hybridized carbons (Fsp3) is 0.538. The molecule has 1 aliphatic heterocycles. The van der Waals surface area contributed by atoms with E-state index in [0.717, 1.165) is 28.8 Å². The number of methoxy groups -OCH3 is 1. The molecule has 0 aromatic heterocycles. The first-order chi connectivity index (χ1) is 8.52. The number of ether oxygens (including phenoxy) is 2. The normalized spacial score (nSPS) is 25.2. The Morgan fingerprint density at radius 3 is 2.78 bits per heavy atom.